The quantitative estimate of drug-likeness (QED) is 0.739. The highest BCUT2D eigenvalue weighted by atomic mass is 16.5. The van der Waals surface area contributed by atoms with Crippen LogP contribution in [0, 0.1) is 5.92 Å². The molecule has 1 amide bonds. The zero-order chi connectivity index (χ0) is 20.8. The monoisotopic (exact) mass is 396 g/mol. The molecule has 0 atom stereocenters. The van der Waals surface area contributed by atoms with Gasteiger partial charge in [-0.1, -0.05) is 30.3 Å². The molecule has 0 aromatic heterocycles. The van der Waals surface area contributed by atoms with E-state index in [2.05, 4.69) is 22.3 Å². The Labute approximate surface area is 171 Å². The van der Waals surface area contributed by atoms with Crippen LogP contribution >= 0.6 is 0 Å². The molecule has 1 aliphatic heterocycles. The molecule has 6 nitrogen and oxygen atoms in total. The largest absolute Gasteiger partial charge is 0.489 e. The number of ether oxygens (including phenoxy) is 1. The van der Waals surface area contributed by atoms with Crippen molar-refractivity contribution in [1.82, 2.24) is 4.90 Å². The van der Waals surface area contributed by atoms with Crippen LogP contribution in [0.5, 0.6) is 5.75 Å². The van der Waals surface area contributed by atoms with Gasteiger partial charge in [-0.05, 0) is 63.5 Å². The van der Waals surface area contributed by atoms with Crippen molar-refractivity contribution in [2.24, 2.45) is 5.92 Å². The molecule has 1 aliphatic rings. The number of likely N-dealkylation sites (tertiary alicyclic amines) is 1. The van der Waals surface area contributed by atoms with Gasteiger partial charge in [0, 0.05) is 12.5 Å². The number of nitrogens with zero attached hydrogens (tertiary/aromatic N) is 1. The van der Waals surface area contributed by atoms with E-state index in [0.717, 1.165) is 32.5 Å². The number of rotatable bonds is 7. The van der Waals surface area contributed by atoms with E-state index in [1.807, 2.05) is 32.0 Å². The predicted octanol–water partition coefficient (Wildman–Crippen LogP) is 4.02. The third-order valence-electron chi connectivity index (χ3n) is 5.05. The fourth-order valence-electron chi connectivity index (χ4n) is 3.55. The van der Waals surface area contributed by atoms with Crippen LogP contribution in [0.25, 0.3) is 0 Å². The molecule has 154 valence electrons. The summed E-state index contributed by atoms with van der Waals surface area (Å²) in [5.74, 6) is -0.728. The van der Waals surface area contributed by atoms with Gasteiger partial charge in [0.2, 0.25) is 5.91 Å². The number of benzene rings is 2. The van der Waals surface area contributed by atoms with Gasteiger partial charge in [0.15, 0.2) is 0 Å². The summed E-state index contributed by atoms with van der Waals surface area (Å²) < 4.78 is 5.74. The van der Waals surface area contributed by atoms with Crippen LogP contribution in [-0.2, 0) is 11.3 Å². The summed E-state index contributed by atoms with van der Waals surface area (Å²) in [6.45, 7) is 6.38. The summed E-state index contributed by atoms with van der Waals surface area (Å²) in [7, 11) is 0. The van der Waals surface area contributed by atoms with Gasteiger partial charge in [-0.25, -0.2) is 4.79 Å². The summed E-state index contributed by atoms with van der Waals surface area (Å²) in [4.78, 5) is 26.5. The molecule has 0 radical (unpaired) electrons. The van der Waals surface area contributed by atoms with Gasteiger partial charge in [0.1, 0.15) is 5.75 Å². The van der Waals surface area contributed by atoms with E-state index in [9.17, 15) is 14.7 Å². The predicted molar refractivity (Wildman–Crippen MR) is 112 cm³/mol. The normalized spacial score (nSPS) is 15.3. The Kier molecular flexibility index (Phi) is 6.88. The number of piperidine rings is 1. The van der Waals surface area contributed by atoms with E-state index >= 15 is 0 Å². The molecule has 0 aliphatic carbocycles. The molecule has 2 aromatic carbocycles. The van der Waals surface area contributed by atoms with Crippen LogP contribution in [0.15, 0.2) is 48.5 Å². The van der Waals surface area contributed by atoms with Crippen molar-refractivity contribution in [3.05, 3.63) is 59.7 Å². The zero-order valence-corrected chi connectivity index (χ0v) is 16.9. The maximum Gasteiger partial charge on any atom is 0.335 e. The second kappa shape index (κ2) is 9.56. The van der Waals surface area contributed by atoms with Crippen LogP contribution in [0.4, 0.5) is 5.69 Å². The SMILES string of the molecule is CC(C)Oc1ccc(C(=O)O)cc1NC(=O)C1CCN(Cc2ccccc2)CC1. The first-order chi connectivity index (χ1) is 13.9. The van der Waals surface area contributed by atoms with Crippen molar-refractivity contribution in [2.75, 3.05) is 18.4 Å². The number of hydrogen-bond donors (Lipinski definition) is 2. The Hall–Kier alpha value is -2.86. The number of hydrogen-bond acceptors (Lipinski definition) is 4. The topological polar surface area (TPSA) is 78.9 Å². The maximum atomic E-state index is 12.8. The van der Waals surface area contributed by atoms with Crippen LogP contribution in [0.3, 0.4) is 0 Å². The molecule has 6 heteroatoms. The van der Waals surface area contributed by atoms with Crippen molar-refractivity contribution in [3.8, 4) is 5.75 Å². The smallest absolute Gasteiger partial charge is 0.335 e. The minimum atomic E-state index is -1.04. The fraction of sp³-hybridized carbons (Fsp3) is 0.391. The van der Waals surface area contributed by atoms with Gasteiger partial charge in [0.05, 0.1) is 17.4 Å². The molecule has 29 heavy (non-hydrogen) atoms. The van der Waals surface area contributed by atoms with Crippen LogP contribution < -0.4 is 10.1 Å². The number of nitrogens with one attached hydrogen (secondary N) is 1. The minimum absolute atomic E-state index is 0.0810. The Balaban J connectivity index is 1.61. The van der Waals surface area contributed by atoms with E-state index in [4.69, 9.17) is 4.74 Å². The third kappa shape index (κ3) is 5.81. The van der Waals surface area contributed by atoms with Crippen molar-refractivity contribution in [2.45, 2.75) is 39.3 Å². The molecule has 1 heterocycles. The van der Waals surface area contributed by atoms with Gasteiger partial charge in [0.25, 0.3) is 0 Å². The Morgan fingerprint density at radius 3 is 2.45 bits per heavy atom. The van der Waals surface area contributed by atoms with Gasteiger partial charge in [-0.2, -0.15) is 0 Å². The van der Waals surface area contributed by atoms with E-state index in [1.165, 1.54) is 17.7 Å². The number of amides is 1. The van der Waals surface area contributed by atoms with Crippen LogP contribution in [-0.4, -0.2) is 41.1 Å². The highest BCUT2D eigenvalue weighted by molar-refractivity contribution is 5.96. The molecule has 0 saturated carbocycles. The van der Waals surface area contributed by atoms with E-state index in [1.54, 1.807) is 6.07 Å². The van der Waals surface area contributed by atoms with Crippen molar-refractivity contribution in [1.29, 1.82) is 0 Å². The second-order valence-electron chi connectivity index (χ2n) is 7.71. The lowest BCUT2D eigenvalue weighted by Gasteiger charge is -2.31. The summed E-state index contributed by atoms with van der Waals surface area (Å²) in [6.07, 6.45) is 1.47. The summed E-state index contributed by atoms with van der Waals surface area (Å²) in [5, 5.41) is 12.2. The van der Waals surface area contributed by atoms with Crippen molar-refractivity contribution < 1.29 is 19.4 Å². The first-order valence-corrected chi connectivity index (χ1v) is 10.0. The molecule has 3 rings (SSSR count). The molecular weight excluding hydrogens is 368 g/mol. The molecule has 0 bridgehead atoms. The molecule has 0 unspecified atom stereocenters. The van der Waals surface area contributed by atoms with E-state index < -0.39 is 5.97 Å². The van der Waals surface area contributed by atoms with Gasteiger partial charge in [-0.15, -0.1) is 0 Å². The summed E-state index contributed by atoms with van der Waals surface area (Å²) >= 11 is 0. The summed E-state index contributed by atoms with van der Waals surface area (Å²) in [6, 6.07) is 14.9. The average molecular weight is 396 g/mol. The fourth-order valence-corrected chi connectivity index (χ4v) is 3.55. The second-order valence-corrected chi connectivity index (χ2v) is 7.71. The lowest BCUT2D eigenvalue weighted by molar-refractivity contribution is -0.121. The van der Waals surface area contributed by atoms with E-state index in [0.29, 0.717) is 11.4 Å². The van der Waals surface area contributed by atoms with Crippen LogP contribution in [0.1, 0.15) is 42.6 Å². The molecular formula is C23H28N2O4. The van der Waals surface area contributed by atoms with Crippen molar-refractivity contribution in [3.63, 3.8) is 0 Å². The number of aromatic carboxylic acids is 1. The summed E-state index contributed by atoms with van der Waals surface area (Å²) in [5.41, 5.74) is 1.81. The van der Waals surface area contributed by atoms with Crippen molar-refractivity contribution >= 4 is 17.6 Å². The van der Waals surface area contributed by atoms with Gasteiger partial charge < -0.3 is 15.2 Å². The third-order valence-corrected chi connectivity index (χ3v) is 5.05. The molecule has 2 N–H and O–H groups in total. The number of anilines is 1. The lowest BCUT2D eigenvalue weighted by Crippen LogP contribution is -2.37. The number of carboxylic acids is 1. The first-order valence-electron chi connectivity index (χ1n) is 10.0. The molecule has 2 aromatic rings. The van der Waals surface area contributed by atoms with Gasteiger partial charge >= 0.3 is 5.97 Å². The number of carboxylic acid groups (broad SMARTS) is 1. The number of carbonyl (C=O) groups excluding carboxylic acids is 1. The van der Waals surface area contributed by atoms with Gasteiger partial charge in [-0.3, -0.25) is 9.69 Å². The Bertz CT molecular complexity index is 843. The highest BCUT2D eigenvalue weighted by Gasteiger charge is 2.26. The average Bonchev–Trinajstić information content (AvgIpc) is 2.70. The molecule has 1 saturated heterocycles. The minimum Gasteiger partial charge on any atom is -0.489 e. The highest BCUT2D eigenvalue weighted by Crippen LogP contribution is 2.29. The van der Waals surface area contributed by atoms with Crippen LogP contribution in [0.2, 0.25) is 0 Å². The van der Waals surface area contributed by atoms with E-state index in [-0.39, 0.29) is 23.5 Å². The molecule has 1 fully saturated rings. The first kappa shape index (κ1) is 20.9. The zero-order valence-electron chi connectivity index (χ0n) is 16.9. The standard InChI is InChI=1S/C23H28N2O4/c1-16(2)29-21-9-8-19(23(27)28)14-20(21)24-22(26)18-10-12-25(13-11-18)15-17-6-4-3-5-7-17/h3-9,14,16,18H,10-13,15H2,1-2H3,(H,24,26)(H,27,28). The number of carbonyl (C=O) groups is 2. The lowest BCUT2D eigenvalue weighted by atomic mass is 9.95. The Morgan fingerprint density at radius 1 is 1.14 bits per heavy atom. The molecule has 0 spiro atoms. The Morgan fingerprint density at radius 2 is 1.83 bits per heavy atom. The maximum absolute atomic E-state index is 12.8.